The molecule has 1 fully saturated rings. The Morgan fingerprint density at radius 1 is 1.43 bits per heavy atom. The molecule has 7 heteroatoms. The van der Waals surface area contributed by atoms with E-state index in [9.17, 15) is 13.2 Å². The van der Waals surface area contributed by atoms with Gasteiger partial charge in [0.05, 0.1) is 5.75 Å². The molecule has 23 heavy (non-hydrogen) atoms. The predicted octanol–water partition coefficient (Wildman–Crippen LogP) is 2.56. The molecule has 0 saturated carbocycles. The number of carbonyl (C=O) groups is 1. The van der Waals surface area contributed by atoms with E-state index in [-0.39, 0.29) is 16.8 Å². The number of aryl methyl sites for hydroxylation is 1. The SMILES string of the molecule is Cc1ccnc(S(=O)(=O)C[C@H]2CCCN2C(=O)OC(C)(C)C)c1. The van der Waals surface area contributed by atoms with Crippen molar-refractivity contribution in [2.24, 2.45) is 0 Å². The van der Waals surface area contributed by atoms with Crippen molar-refractivity contribution in [3.8, 4) is 0 Å². The summed E-state index contributed by atoms with van der Waals surface area (Å²) in [5.41, 5.74) is 0.246. The minimum atomic E-state index is -3.54. The van der Waals surface area contributed by atoms with Crippen LogP contribution >= 0.6 is 0 Å². The van der Waals surface area contributed by atoms with E-state index in [4.69, 9.17) is 4.74 Å². The van der Waals surface area contributed by atoms with E-state index >= 15 is 0 Å². The van der Waals surface area contributed by atoms with Gasteiger partial charge in [-0.1, -0.05) is 0 Å². The molecule has 0 unspecified atom stereocenters. The van der Waals surface area contributed by atoms with Crippen LogP contribution in [-0.2, 0) is 14.6 Å². The lowest BCUT2D eigenvalue weighted by atomic mass is 10.2. The maximum atomic E-state index is 12.6. The normalized spacial score (nSPS) is 19.0. The number of likely N-dealkylation sites (tertiary alicyclic amines) is 1. The predicted molar refractivity (Wildman–Crippen MR) is 87.0 cm³/mol. The van der Waals surface area contributed by atoms with Crippen LogP contribution in [0.3, 0.4) is 0 Å². The number of sulfone groups is 1. The van der Waals surface area contributed by atoms with Crippen LogP contribution in [0.25, 0.3) is 0 Å². The Bertz CT molecular complexity index is 680. The molecule has 6 nitrogen and oxygen atoms in total. The third kappa shape index (κ3) is 4.67. The molecule has 0 aromatic carbocycles. The van der Waals surface area contributed by atoms with E-state index < -0.39 is 21.5 Å². The summed E-state index contributed by atoms with van der Waals surface area (Å²) < 4.78 is 30.5. The second-order valence-electron chi connectivity index (χ2n) is 6.92. The molecule has 2 heterocycles. The molecule has 1 aliphatic rings. The number of carbonyl (C=O) groups excluding carboxylic acids is 1. The second kappa shape index (κ2) is 6.47. The van der Waals surface area contributed by atoms with Gasteiger partial charge < -0.3 is 9.64 Å². The first kappa shape index (κ1) is 17.7. The van der Waals surface area contributed by atoms with Gasteiger partial charge in [0, 0.05) is 18.8 Å². The Hall–Kier alpha value is -1.63. The van der Waals surface area contributed by atoms with Gasteiger partial charge in [-0.15, -0.1) is 0 Å². The highest BCUT2D eigenvalue weighted by molar-refractivity contribution is 7.91. The quantitative estimate of drug-likeness (QED) is 0.845. The summed E-state index contributed by atoms with van der Waals surface area (Å²) in [5, 5.41) is 0.0635. The van der Waals surface area contributed by atoms with Crippen LogP contribution in [0.4, 0.5) is 4.79 Å². The molecule has 1 aromatic heterocycles. The van der Waals surface area contributed by atoms with Crippen LogP contribution in [-0.4, -0.2) is 48.3 Å². The molecule has 1 saturated heterocycles. The fourth-order valence-corrected chi connectivity index (χ4v) is 4.20. The van der Waals surface area contributed by atoms with Crippen molar-refractivity contribution >= 4 is 15.9 Å². The fourth-order valence-electron chi connectivity index (χ4n) is 2.59. The highest BCUT2D eigenvalue weighted by Crippen LogP contribution is 2.24. The van der Waals surface area contributed by atoms with Crippen LogP contribution < -0.4 is 0 Å². The summed E-state index contributed by atoms with van der Waals surface area (Å²) in [5.74, 6) is -0.122. The lowest BCUT2D eigenvalue weighted by Gasteiger charge is -2.28. The summed E-state index contributed by atoms with van der Waals surface area (Å²) in [6, 6.07) is 2.95. The van der Waals surface area contributed by atoms with Gasteiger partial charge in [-0.3, -0.25) is 0 Å². The van der Waals surface area contributed by atoms with Crippen LogP contribution in [0.1, 0.15) is 39.2 Å². The third-order valence-electron chi connectivity index (χ3n) is 3.63. The summed E-state index contributed by atoms with van der Waals surface area (Å²) in [6.45, 7) is 7.73. The van der Waals surface area contributed by atoms with Crippen molar-refractivity contribution in [3.63, 3.8) is 0 Å². The van der Waals surface area contributed by atoms with Gasteiger partial charge in [-0.05, 0) is 58.2 Å². The molecule has 0 aliphatic carbocycles. The van der Waals surface area contributed by atoms with Crippen molar-refractivity contribution < 1.29 is 17.9 Å². The molecule has 0 spiro atoms. The zero-order chi connectivity index (χ0) is 17.3. The average molecular weight is 340 g/mol. The summed E-state index contributed by atoms with van der Waals surface area (Å²) in [7, 11) is -3.54. The molecule has 0 bridgehead atoms. The minimum Gasteiger partial charge on any atom is -0.444 e. The molecule has 128 valence electrons. The number of hydrogen-bond acceptors (Lipinski definition) is 5. The molecular weight excluding hydrogens is 316 g/mol. The van der Waals surface area contributed by atoms with Gasteiger partial charge >= 0.3 is 6.09 Å². The Kier molecular flexibility index (Phi) is 4.98. The largest absolute Gasteiger partial charge is 0.444 e. The maximum Gasteiger partial charge on any atom is 0.410 e. The fraction of sp³-hybridized carbons (Fsp3) is 0.625. The number of hydrogen-bond donors (Lipinski definition) is 0. The highest BCUT2D eigenvalue weighted by Gasteiger charge is 2.35. The van der Waals surface area contributed by atoms with Crippen LogP contribution in [0, 0.1) is 6.92 Å². The first-order valence-corrected chi connectivity index (χ1v) is 9.39. The molecule has 1 aliphatic heterocycles. The molecule has 1 aromatic rings. The van der Waals surface area contributed by atoms with Gasteiger partial charge in [-0.25, -0.2) is 18.2 Å². The Balaban J connectivity index is 2.13. The van der Waals surface area contributed by atoms with E-state index in [0.717, 1.165) is 12.0 Å². The van der Waals surface area contributed by atoms with E-state index in [2.05, 4.69) is 4.98 Å². The summed E-state index contributed by atoms with van der Waals surface area (Å²) in [4.78, 5) is 17.7. The van der Waals surface area contributed by atoms with Crippen LogP contribution in [0.5, 0.6) is 0 Å². The third-order valence-corrected chi connectivity index (χ3v) is 5.31. The van der Waals surface area contributed by atoms with E-state index in [1.165, 1.54) is 11.1 Å². The lowest BCUT2D eigenvalue weighted by molar-refractivity contribution is 0.0241. The number of amides is 1. The molecule has 0 radical (unpaired) electrons. The van der Waals surface area contributed by atoms with Crippen molar-refractivity contribution in [2.45, 2.75) is 57.2 Å². The van der Waals surface area contributed by atoms with Crippen LogP contribution in [0.15, 0.2) is 23.4 Å². The summed E-state index contributed by atoms with van der Waals surface area (Å²) >= 11 is 0. The first-order chi connectivity index (χ1) is 10.6. The maximum absolute atomic E-state index is 12.6. The van der Waals surface area contributed by atoms with Crippen molar-refractivity contribution in [1.29, 1.82) is 0 Å². The highest BCUT2D eigenvalue weighted by atomic mass is 32.2. The van der Waals surface area contributed by atoms with E-state index in [1.807, 2.05) is 6.92 Å². The van der Waals surface area contributed by atoms with E-state index in [1.54, 1.807) is 32.9 Å². The topological polar surface area (TPSA) is 76.6 Å². The average Bonchev–Trinajstić information content (AvgIpc) is 2.84. The minimum absolute atomic E-state index is 0.0635. The van der Waals surface area contributed by atoms with Gasteiger partial charge in [0.2, 0.25) is 0 Å². The van der Waals surface area contributed by atoms with Gasteiger partial charge in [0.25, 0.3) is 0 Å². The van der Waals surface area contributed by atoms with Gasteiger partial charge in [0.15, 0.2) is 14.9 Å². The summed E-state index contributed by atoms with van der Waals surface area (Å²) in [6.07, 6.45) is 2.47. The van der Waals surface area contributed by atoms with Crippen molar-refractivity contribution in [2.75, 3.05) is 12.3 Å². The molecule has 2 rings (SSSR count). The Morgan fingerprint density at radius 2 is 2.13 bits per heavy atom. The number of nitrogens with zero attached hydrogens (tertiary/aromatic N) is 2. The molecular formula is C16H24N2O4S. The zero-order valence-electron chi connectivity index (χ0n) is 14.1. The first-order valence-electron chi connectivity index (χ1n) is 7.73. The van der Waals surface area contributed by atoms with E-state index in [0.29, 0.717) is 13.0 Å². The monoisotopic (exact) mass is 340 g/mol. The van der Waals surface area contributed by atoms with Gasteiger partial charge in [0.1, 0.15) is 5.60 Å². The van der Waals surface area contributed by atoms with Crippen LogP contribution in [0.2, 0.25) is 0 Å². The molecule has 1 atom stereocenters. The number of pyridine rings is 1. The zero-order valence-corrected chi connectivity index (χ0v) is 14.9. The molecule has 0 N–H and O–H groups in total. The standard InChI is InChI=1S/C16H24N2O4S/c1-12-7-8-17-14(10-12)23(20,21)11-13-6-5-9-18(13)15(19)22-16(2,3)4/h7-8,10,13H,5-6,9,11H2,1-4H3/t13-/m1/s1. The number of rotatable bonds is 3. The van der Waals surface area contributed by atoms with Crippen molar-refractivity contribution in [3.05, 3.63) is 23.9 Å². The Labute approximate surface area is 137 Å². The number of ether oxygens (including phenoxy) is 1. The molecule has 1 amide bonds. The second-order valence-corrected chi connectivity index (χ2v) is 8.90. The van der Waals surface area contributed by atoms with Crippen molar-refractivity contribution in [1.82, 2.24) is 9.88 Å². The Morgan fingerprint density at radius 3 is 2.74 bits per heavy atom. The van der Waals surface area contributed by atoms with Gasteiger partial charge in [-0.2, -0.15) is 0 Å². The lowest BCUT2D eigenvalue weighted by Crippen LogP contribution is -2.42. The number of aromatic nitrogens is 1. The smallest absolute Gasteiger partial charge is 0.410 e.